The van der Waals surface area contributed by atoms with Gasteiger partial charge in [-0.25, -0.2) is 8.42 Å². The summed E-state index contributed by atoms with van der Waals surface area (Å²) in [5.41, 5.74) is 5.08. The Balaban J connectivity index is 1.43. The van der Waals surface area contributed by atoms with Gasteiger partial charge in [-0.1, -0.05) is 50.3 Å². The van der Waals surface area contributed by atoms with Crippen LogP contribution in [-0.2, 0) is 14.8 Å². The predicted molar refractivity (Wildman–Crippen MR) is 123 cm³/mol. The van der Waals surface area contributed by atoms with Gasteiger partial charge >= 0.3 is 0 Å². The summed E-state index contributed by atoms with van der Waals surface area (Å²) in [5.74, 6) is 1.35. The van der Waals surface area contributed by atoms with Gasteiger partial charge in [0.1, 0.15) is 0 Å². The number of fused-ring (bicyclic) bond motifs is 3. The van der Waals surface area contributed by atoms with Crippen LogP contribution in [0.2, 0.25) is 0 Å². The number of allylic oxidation sites excluding steroid dienone is 2. The molecule has 31 heavy (non-hydrogen) atoms. The molecule has 6 heteroatoms. The highest BCUT2D eigenvalue weighted by atomic mass is 32.2. The fourth-order valence-corrected chi connectivity index (χ4v) is 6.49. The number of rotatable bonds is 4. The molecule has 1 fully saturated rings. The van der Waals surface area contributed by atoms with Crippen molar-refractivity contribution in [2.75, 3.05) is 31.6 Å². The average molecular weight is 439 g/mol. The lowest BCUT2D eigenvalue weighted by atomic mass is 9.76. The standard InChI is InChI=1S/C25H30N2O3S/c1-17(2)19-8-11-24-23(16-19)21-4-3-5-22(21)25(26-24)18-6-9-20(10-7-18)31(28,29)27-12-14-30-15-13-27/h3-4,6-11,16-17,21-22,25-26H,5,12-15H2,1-2H3/t21-,22+,25-/m1/s1. The SMILES string of the molecule is CC(C)c1ccc2c(c1)[C@@H]1C=CC[C@@H]1[C@@H](c1ccc(S(=O)(=O)N3CCOCC3)cc1)N2. The van der Waals surface area contributed by atoms with E-state index in [1.165, 1.54) is 21.1 Å². The molecule has 1 saturated heterocycles. The summed E-state index contributed by atoms with van der Waals surface area (Å²) in [6.45, 7) is 6.21. The molecule has 0 unspecified atom stereocenters. The largest absolute Gasteiger partial charge is 0.379 e. The van der Waals surface area contributed by atoms with Gasteiger partial charge in [-0.05, 0) is 53.1 Å². The molecule has 1 N–H and O–H groups in total. The number of hydrogen-bond donors (Lipinski definition) is 1. The summed E-state index contributed by atoms with van der Waals surface area (Å²) in [6, 6.07) is 14.4. The van der Waals surface area contributed by atoms with E-state index in [0.717, 1.165) is 12.0 Å². The van der Waals surface area contributed by atoms with Crippen molar-refractivity contribution >= 4 is 15.7 Å². The van der Waals surface area contributed by atoms with Crippen molar-refractivity contribution in [3.8, 4) is 0 Å². The van der Waals surface area contributed by atoms with Crippen LogP contribution in [0.5, 0.6) is 0 Å². The van der Waals surface area contributed by atoms with Crippen LogP contribution in [0.25, 0.3) is 0 Å². The van der Waals surface area contributed by atoms with E-state index in [1.807, 2.05) is 12.1 Å². The second kappa shape index (κ2) is 8.08. The molecule has 5 rings (SSSR count). The van der Waals surface area contributed by atoms with Gasteiger partial charge in [-0.3, -0.25) is 0 Å². The Bertz CT molecular complexity index is 1090. The van der Waals surface area contributed by atoms with Gasteiger partial charge in [0.15, 0.2) is 0 Å². The van der Waals surface area contributed by atoms with Gasteiger partial charge in [-0.15, -0.1) is 0 Å². The monoisotopic (exact) mass is 438 g/mol. The molecule has 0 spiro atoms. The lowest BCUT2D eigenvalue weighted by Gasteiger charge is -2.38. The molecule has 0 amide bonds. The zero-order valence-electron chi connectivity index (χ0n) is 18.1. The smallest absolute Gasteiger partial charge is 0.243 e. The molecule has 0 aromatic heterocycles. The van der Waals surface area contributed by atoms with Crippen molar-refractivity contribution in [1.29, 1.82) is 0 Å². The molecule has 3 aliphatic rings. The summed E-state index contributed by atoms with van der Waals surface area (Å²) < 4.78 is 32.7. The van der Waals surface area contributed by atoms with E-state index in [9.17, 15) is 8.42 Å². The van der Waals surface area contributed by atoms with E-state index in [4.69, 9.17) is 4.74 Å². The minimum atomic E-state index is -3.47. The van der Waals surface area contributed by atoms with Gasteiger partial charge in [0, 0.05) is 24.7 Å². The normalized spacial score (nSPS) is 25.8. The lowest BCUT2D eigenvalue weighted by molar-refractivity contribution is 0.0730. The van der Waals surface area contributed by atoms with Gasteiger partial charge < -0.3 is 10.1 Å². The molecule has 2 aromatic rings. The molecule has 0 bridgehead atoms. The summed E-state index contributed by atoms with van der Waals surface area (Å²) in [4.78, 5) is 0.358. The number of benzene rings is 2. The van der Waals surface area contributed by atoms with Crippen molar-refractivity contribution < 1.29 is 13.2 Å². The molecule has 2 aliphatic heterocycles. The van der Waals surface area contributed by atoms with Gasteiger partial charge in [0.05, 0.1) is 24.2 Å². The molecular weight excluding hydrogens is 408 g/mol. The third-order valence-electron chi connectivity index (χ3n) is 6.90. The van der Waals surface area contributed by atoms with E-state index in [1.54, 1.807) is 12.1 Å². The Kier molecular flexibility index (Phi) is 5.40. The number of nitrogens with one attached hydrogen (secondary N) is 1. The second-order valence-electron chi connectivity index (χ2n) is 9.06. The van der Waals surface area contributed by atoms with E-state index in [-0.39, 0.29) is 6.04 Å². The van der Waals surface area contributed by atoms with E-state index < -0.39 is 10.0 Å². The van der Waals surface area contributed by atoms with Crippen LogP contribution >= 0.6 is 0 Å². The zero-order valence-corrected chi connectivity index (χ0v) is 18.9. The van der Waals surface area contributed by atoms with Crippen LogP contribution in [0.1, 0.15) is 54.8 Å². The maximum atomic E-state index is 13.0. The number of anilines is 1. The summed E-state index contributed by atoms with van der Waals surface area (Å²) >= 11 is 0. The highest BCUT2D eigenvalue weighted by molar-refractivity contribution is 7.89. The number of sulfonamides is 1. The van der Waals surface area contributed by atoms with Gasteiger partial charge in [0.2, 0.25) is 10.0 Å². The van der Waals surface area contributed by atoms with Crippen molar-refractivity contribution in [2.24, 2.45) is 5.92 Å². The zero-order chi connectivity index (χ0) is 21.6. The molecule has 2 aromatic carbocycles. The first-order valence-corrected chi connectivity index (χ1v) is 12.6. The van der Waals surface area contributed by atoms with Crippen LogP contribution in [0.15, 0.2) is 59.5 Å². The number of nitrogens with zero attached hydrogens (tertiary/aromatic N) is 1. The Hall–Kier alpha value is -2.15. The highest BCUT2D eigenvalue weighted by Gasteiger charge is 2.38. The first kappa shape index (κ1) is 20.7. The quantitative estimate of drug-likeness (QED) is 0.706. The van der Waals surface area contributed by atoms with Crippen LogP contribution in [0.3, 0.4) is 0 Å². The maximum Gasteiger partial charge on any atom is 0.243 e. The van der Waals surface area contributed by atoms with Crippen LogP contribution in [-0.4, -0.2) is 39.0 Å². The Morgan fingerprint density at radius 1 is 1.06 bits per heavy atom. The second-order valence-corrected chi connectivity index (χ2v) is 11.0. The highest BCUT2D eigenvalue weighted by Crippen LogP contribution is 2.50. The van der Waals surface area contributed by atoms with Crippen molar-refractivity contribution in [1.82, 2.24) is 4.31 Å². The van der Waals surface area contributed by atoms with Crippen LogP contribution < -0.4 is 5.32 Å². The number of ether oxygens (including phenoxy) is 1. The van der Waals surface area contributed by atoms with Gasteiger partial charge in [0.25, 0.3) is 0 Å². The topological polar surface area (TPSA) is 58.6 Å². The molecule has 2 heterocycles. The van der Waals surface area contributed by atoms with Crippen molar-refractivity contribution in [3.63, 3.8) is 0 Å². The Labute approximate surface area is 185 Å². The van der Waals surface area contributed by atoms with Crippen LogP contribution in [0.4, 0.5) is 5.69 Å². The van der Waals surface area contributed by atoms with Crippen LogP contribution in [0, 0.1) is 5.92 Å². The van der Waals surface area contributed by atoms with Crippen molar-refractivity contribution in [2.45, 2.75) is 43.0 Å². The molecule has 5 nitrogen and oxygen atoms in total. The minimum Gasteiger partial charge on any atom is -0.379 e. The predicted octanol–water partition coefficient (Wildman–Crippen LogP) is 4.66. The third-order valence-corrected chi connectivity index (χ3v) is 8.81. The summed E-state index contributed by atoms with van der Waals surface area (Å²) in [7, 11) is -3.47. The fourth-order valence-electron chi connectivity index (χ4n) is 5.09. The summed E-state index contributed by atoms with van der Waals surface area (Å²) in [6.07, 6.45) is 5.67. The average Bonchev–Trinajstić information content (AvgIpc) is 3.29. The van der Waals surface area contributed by atoms with Crippen molar-refractivity contribution in [3.05, 3.63) is 71.3 Å². The maximum absolute atomic E-state index is 13.0. The van der Waals surface area contributed by atoms with E-state index in [2.05, 4.69) is 49.5 Å². The fraction of sp³-hybridized carbons (Fsp3) is 0.440. The van der Waals surface area contributed by atoms with Gasteiger partial charge in [-0.2, -0.15) is 4.31 Å². The lowest BCUT2D eigenvalue weighted by Crippen LogP contribution is -2.40. The minimum absolute atomic E-state index is 0.164. The number of hydrogen-bond acceptors (Lipinski definition) is 4. The molecule has 0 radical (unpaired) electrons. The first-order chi connectivity index (χ1) is 14.9. The molecule has 0 saturated carbocycles. The summed E-state index contributed by atoms with van der Waals surface area (Å²) in [5, 5.41) is 3.76. The number of morpholine rings is 1. The molecule has 1 aliphatic carbocycles. The molecule has 164 valence electrons. The third kappa shape index (κ3) is 3.71. The molecular formula is C25H30N2O3S. The Morgan fingerprint density at radius 3 is 2.52 bits per heavy atom. The first-order valence-electron chi connectivity index (χ1n) is 11.2. The Morgan fingerprint density at radius 2 is 1.81 bits per heavy atom. The molecule has 3 atom stereocenters. The van der Waals surface area contributed by atoms with E-state index in [0.29, 0.717) is 49.0 Å². The van der Waals surface area contributed by atoms with E-state index >= 15 is 0 Å².